The number of carbonyl (C=O) groups excluding carboxylic acids is 1. The molecule has 0 bridgehead atoms. The van der Waals surface area contributed by atoms with Crippen molar-refractivity contribution in [1.82, 2.24) is 15.5 Å². The van der Waals surface area contributed by atoms with Crippen LogP contribution in [0, 0.1) is 0 Å². The van der Waals surface area contributed by atoms with Gasteiger partial charge in [-0.15, -0.1) is 35.3 Å². The molecule has 1 aromatic heterocycles. The number of halogens is 1. The van der Waals surface area contributed by atoms with Gasteiger partial charge in [-0.3, -0.25) is 4.79 Å². The minimum absolute atomic E-state index is 0. The summed E-state index contributed by atoms with van der Waals surface area (Å²) >= 11 is 1.69. The predicted octanol–water partition coefficient (Wildman–Crippen LogP) is 2.69. The lowest BCUT2D eigenvalue weighted by atomic mass is 10.2. The first-order chi connectivity index (χ1) is 11.1. The number of benzene rings is 1. The van der Waals surface area contributed by atoms with Crippen LogP contribution in [0.25, 0.3) is 0 Å². The summed E-state index contributed by atoms with van der Waals surface area (Å²) in [6.07, 6.45) is 0. The molecule has 0 fully saturated rings. The number of nitrogens with one attached hydrogen (secondary N) is 2. The summed E-state index contributed by atoms with van der Waals surface area (Å²) in [6, 6.07) is 14.1. The molecule has 24 heavy (non-hydrogen) atoms. The highest BCUT2D eigenvalue weighted by Gasteiger charge is 2.06. The number of hydrogen-bond acceptors (Lipinski definition) is 3. The van der Waals surface area contributed by atoms with Gasteiger partial charge in [-0.05, 0) is 17.0 Å². The van der Waals surface area contributed by atoms with E-state index in [0.717, 1.165) is 5.56 Å². The Morgan fingerprint density at radius 3 is 2.50 bits per heavy atom. The molecule has 1 amide bonds. The van der Waals surface area contributed by atoms with Crippen molar-refractivity contribution in [2.45, 2.75) is 13.1 Å². The van der Waals surface area contributed by atoms with Gasteiger partial charge in [0.1, 0.15) is 0 Å². The highest BCUT2D eigenvalue weighted by molar-refractivity contribution is 14.0. The van der Waals surface area contributed by atoms with Gasteiger partial charge in [0.25, 0.3) is 0 Å². The van der Waals surface area contributed by atoms with E-state index in [4.69, 9.17) is 0 Å². The number of guanidine groups is 1. The van der Waals surface area contributed by atoms with Crippen LogP contribution in [0.15, 0.2) is 52.8 Å². The third kappa shape index (κ3) is 7.31. The van der Waals surface area contributed by atoms with Crippen molar-refractivity contribution in [2.75, 3.05) is 20.6 Å². The van der Waals surface area contributed by atoms with Crippen LogP contribution in [-0.2, 0) is 17.9 Å². The maximum atomic E-state index is 11.7. The number of nitrogens with zero attached hydrogens (tertiary/aromatic N) is 2. The van der Waals surface area contributed by atoms with Gasteiger partial charge in [0.05, 0.1) is 19.6 Å². The average molecular weight is 458 g/mol. The Balaban J connectivity index is 0.00000288. The minimum Gasteiger partial charge on any atom is -0.351 e. The fraction of sp³-hybridized carbons (Fsp3) is 0.294. The topological polar surface area (TPSA) is 56.7 Å². The van der Waals surface area contributed by atoms with Gasteiger partial charge in [-0.1, -0.05) is 36.4 Å². The molecule has 0 saturated heterocycles. The van der Waals surface area contributed by atoms with Crippen LogP contribution in [0.3, 0.4) is 0 Å². The van der Waals surface area contributed by atoms with E-state index in [0.29, 0.717) is 19.0 Å². The molecule has 2 rings (SSSR count). The van der Waals surface area contributed by atoms with Crippen molar-refractivity contribution in [3.05, 3.63) is 58.3 Å². The summed E-state index contributed by atoms with van der Waals surface area (Å²) in [6.45, 7) is 1.48. The monoisotopic (exact) mass is 458 g/mol. The molecular formula is C17H23IN4OS. The van der Waals surface area contributed by atoms with Gasteiger partial charge in [0.2, 0.25) is 5.91 Å². The number of thiophene rings is 1. The van der Waals surface area contributed by atoms with Crippen LogP contribution in [0.2, 0.25) is 0 Å². The second kappa shape index (κ2) is 11.0. The van der Waals surface area contributed by atoms with Gasteiger partial charge >= 0.3 is 0 Å². The molecular weight excluding hydrogens is 435 g/mol. The summed E-state index contributed by atoms with van der Waals surface area (Å²) in [5, 5.41) is 8.39. The minimum atomic E-state index is 0. The molecule has 130 valence electrons. The lowest BCUT2D eigenvalue weighted by Crippen LogP contribution is -2.42. The summed E-state index contributed by atoms with van der Waals surface area (Å²) < 4.78 is 0. The Morgan fingerprint density at radius 2 is 1.88 bits per heavy atom. The van der Waals surface area contributed by atoms with Crippen molar-refractivity contribution >= 4 is 47.2 Å². The van der Waals surface area contributed by atoms with Gasteiger partial charge in [-0.2, -0.15) is 0 Å². The zero-order chi connectivity index (χ0) is 16.5. The number of amides is 1. The van der Waals surface area contributed by atoms with E-state index >= 15 is 0 Å². The van der Waals surface area contributed by atoms with Crippen LogP contribution >= 0.6 is 35.3 Å². The third-order valence-corrected chi connectivity index (χ3v) is 4.05. The van der Waals surface area contributed by atoms with E-state index in [-0.39, 0.29) is 36.4 Å². The van der Waals surface area contributed by atoms with E-state index in [1.165, 1.54) is 4.88 Å². The van der Waals surface area contributed by atoms with Crippen LogP contribution in [0.4, 0.5) is 0 Å². The third-order valence-electron chi connectivity index (χ3n) is 3.18. The second-order valence-corrected chi connectivity index (χ2v) is 6.26. The second-order valence-electron chi connectivity index (χ2n) is 5.23. The van der Waals surface area contributed by atoms with E-state index in [2.05, 4.69) is 21.7 Å². The Kier molecular flexibility index (Phi) is 9.39. The molecule has 0 unspecified atom stereocenters. The van der Waals surface area contributed by atoms with Crippen LogP contribution < -0.4 is 10.6 Å². The molecule has 0 radical (unpaired) electrons. The van der Waals surface area contributed by atoms with Crippen LogP contribution in [0.5, 0.6) is 0 Å². The number of hydrogen-bond donors (Lipinski definition) is 2. The average Bonchev–Trinajstić information content (AvgIpc) is 3.08. The molecule has 0 aliphatic rings. The summed E-state index contributed by atoms with van der Waals surface area (Å²) in [5.74, 6) is 0.646. The fourth-order valence-corrected chi connectivity index (χ4v) is 2.47. The molecule has 7 heteroatoms. The molecule has 2 N–H and O–H groups in total. The number of carbonyl (C=O) groups is 1. The number of aliphatic imine (C=N–C) groups is 1. The highest BCUT2D eigenvalue weighted by Crippen LogP contribution is 2.07. The molecule has 0 saturated carbocycles. The van der Waals surface area contributed by atoms with Crippen molar-refractivity contribution in [1.29, 1.82) is 0 Å². The largest absolute Gasteiger partial charge is 0.351 e. The smallest absolute Gasteiger partial charge is 0.241 e. The summed E-state index contributed by atoms with van der Waals surface area (Å²) in [4.78, 5) is 19.1. The maximum Gasteiger partial charge on any atom is 0.241 e. The van der Waals surface area contributed by atoms with Gasteiger partial charge < -0.3 is 15.5 Å². The predicted molar refractivity (Wildman–Crippen MR) is 111 cm³/mol. The molecule has 1 heterocycles. The molecule has 0 aliphatic heterocycles. The Morgan fingerprint density at radius 1 is 1.12 bits per heavy atom. The van der Waals surface area contributed by atoms with Gasteiger partial charge in [-0.25, -0.2) is 4.99 Å². The Hall–Kier alpha value is -1.61. The van der Waals surface area contributed by atoms with Crippen molar-refractivity contribution < 1.29 is 4.79 Å². The van der Waals surface area contributed by atoms with E-state index in [1.54, 1.807) is 30.3 Å². The zero-order valence-corrected chi connectivity index (χ0v) is 17.0. The SMILES string of the molecule is CN(C)C(=O)CNC(=NCc1ccccc1)NCc1cccs1.I. The van der Waals surface area contributed by atoms with Gasteiger partial charge in [0, 0.05) is 19.0 Å². The first-order valence-electron chi connectivity index (χ1n) is 7.44. The van der Waals surface area contributed by atoms with E-state index < -0.39 is 0 Å². The quantitative estimate of drug-likeness (QED) is 0.398. The maximum absolute atomic E-state index is 11.7. The molecule has 0 spiro atoms. The standard InChI is InChI=1S/C17H22N4OS.HI/c1-21(2)16(22)13-20-17(19-12-15-9-6-10-23-15)18-11-14-7-4-3-5-8-14;/h3-10H,11-13H2,1-2H3,(H2,18,19,20);1H. The van der Waals surface area contributed by atoms with E-state index in [9.17, 15) is 4.79 Å². The normalized spacial score (nSPS) is 10.7. The Bertz CT molecular complexity index is 629. The molecule has 0 aliphatic carbocycles. The first-order valence-corrected chi connectivity index (χ1v) is 8.32. The molecule has 5 nitrogen and oxygen atoms in total. The Labute approximate surface area is 164 Å². The van der Waals surface area contributed by atoms with E-state index in [1.807, 2.05) is 41.8 Å². The molecule has 2 aromatic rings. The fourth-order valence-electron chi connectivity index (χ4n) is 1.83. The number of rotatable bonds is 6. The van der Waals surface area contributed by atoms with Crippen molar-refractivity contribution in [3.63, 3.8) is 0 Å². The van der Waals surface area contributed by atoms with Crippen molar-refractivity contribution in [3.8, 4) is 0 Å². The molecule has 1 aromatic carbocycles. The summed E-state index contributed by atoms with van der Waals surface area (Å²) in [7, 11) is 3.48. The zero-order valence-electron chi connectivity index (χ0n) is 13.9. The highest BCUT2D eigenvalue weighted by atomic mass is 127. The first kappa shape index (κ1) is 20.4. The van der Waals surface area contributed by atoms with Crippen LogP contribution in [-0.4, -0.2) is 37.4 Å². The lowest BCUT2D eigenvalue weighted by molar-refractivity contribution is -0.127. The van der Waals surface area contributed by atoms with Crippen LogP contribution in [0.1, 0.15) is 10.4 Å². The van der Waals surface area contributed by atoms with Gasteiger partial charge in [0.15, 0.2) is 5.96 Å². The molecule has 0 atom stereocenters. The lowest BCUT2D eigenvalue weighted by Gasteiger charge is -2.14. The number of likely N-dealkylation sites (N-methyl/N-ethyl adjacent to an activating group) is 1. The summed E-state index contributed by atoms with van der Waals surface area (Å²) in [5.41, 5.74) is 1.13. The van der Waals surface area contributed by atoms with Crippen molar-refractivity contribution in [2.24, 2.45) is 4.99 Å².